The quantitative estimate of drug-likeness (QED) is 0.835. The molecule has 0 aromatic rings. The minimum absolute atomic E-state index is 0.0173. The van der Waals surface area contributed by atoms with E-state index < -0.39 is 18.9 Å². The van der Waals surface area contributed by atoms with Gasteiger partial charge in [-0.15, -0.1) is 0 Å². The molecule has 7 heteroatoms. The van der Waals surface area contributed by atoms with Crippen LogP contribution in [0.2, 0.25) is 0 Å². The lowest BCUT2D eigenvalue weighted by Crippen LogP contribution is -2.46. The van der Waals surface area contributed by atoms with Crippen LogP contribution in [0, 0.1) is 5.92 Å². The first-order valence-electron chi connectivity index (χ1n) is 7.63. The normalized spacial score (nSPS) is 30.9. The van der Waals surface area contributed by atoms with E-state index in [1.807, 2.05) is 0 Å². The van der Waals surface area contributed by atoms with Crippen LogP contribution in [-0.2, 0) is 9.53 Å². The summed E-state index contributed by atoms with van der Waals surface area (Å²) in [6.07, 6.45) is -0.122. The molecule has 1 aliphatic carbocycles. The smallest absolute Gasteiger partial charge is 0.369 e. The summed E-state index contributed by atoms with van der Waals surface area (Å²) < 4.78 is 41.4. The number of carbonyl (C=O) groups is 1. The summed E-state index contributed by atoms with van der Waals surface area (Å²) in [5.41, 5.74) is 0. The highest BCUT2D eigenvalue weighted by Crippen LogP contribution is 2.24. The lowest BCUT2D eigenvalue weighted by molar-refractivity contribution is -0.188. The highest BCUT2D eigenvalue weighted by Gasteiger charge is 2.32. The van der Waals surface area contributed by atoms with E-state index in [9.17, 15) is 18.0 Å². The lowest BCUT2D eigenvalue weighted by atomic mass is 9.91. The maximum atomic E-state index is 12.2. The fourth-order valence-corrected chi connectivity index (χ4v) is 3.03. The van der Waals surface area contributed by atoms with Crippen LogP contribution in [0.5, 0.6) is 0 Å². The molecule has 3 unspecified atom stereocenters. The van der Waals surface area contributed by atoms with Gasteiger partial charge in [-0.25, -0.2) is 0 Å². The van der Waals surface area contributed by atoms with Crippen molar-refractivity contribution in [3.8, 4) is 0 Å². The fraction of sp³-hybridized carbons (Fsp3) is 0.929. The summed E-state index contributed by atoms with van der Waals surface area (Å²) in [6.45, 7) is 0.429. The SMILES string of the molecule is O=C(NC1CCCC(OCC(F)(F)F)C1)C1CCCNC1. The van der Waals surface area contributed by atoms with Crippen molar-refractivity contribution in [2.24, 2.45) is 5.92 Å². The molecule has 0 aromatic carbocycles. The van der Waals surface area contributed by atoms with E-state index in [-0.39, 0.29) is 17.9 Å². The lowest BCUT2D eigenvalue weighted by Gasteiger charge is -2.31. The molecule has 2 aliphatic rings. The van der Waals surface area contributed by atoms with Gasteiger partial charge in [-0.2, -0.15) is 13.2 Å². The molecule has 122 valence electrons. The number of carbonyl (C=O) groups excluding carboxylic acids is 1. The van der Waals surface area contributed by atoms with Gasteiger partial charge < -0.3 is 15.4 Å². The third kappa shape index (κ3) is 5.82. The van der Waals surface area contributed by atoms with Crippen LogP contribution in [0.4, 0.5) is 13.2 Å². The molecule has 0 spiro atoms. The molecule has 2 fully saturated rings. The van der Waals surface area contributed by atoms with Crippen LogP contribution in [0.3, 0.4) is 0 Å². The Morgan fingerprint density at radius 2 is 2.05 bits per heavy atom. The molecule has 2 rings (SSSR count). The van der Waals surface area contributed by atoms with Gasteiger partial charge in [0.05, 0.1) is 12.0 Å². The highest BCUT2D eigenvalue weighted by atomic mass is 19.4. The maximum Gasteiger partial charge on any atom is 0.411 e. The molecule has 4 nitrogen and oxygen atoms in total. The zero-order chi connectivity index (χ0) is 15.3. The van der Waals surface area contributed by atoms with Crippen molar-refractivity contribution >= 4 is 5.91 Å². The molecule has 1 saturated carbocycles. The van der Waals surface area contributed by atoms with Crippen LogP contribution in [-0.4, -0.2) is 43.9 Å². The minimum atomic E-state index is -4.29. The van der Waals surface area contributed by atoms with E-state index in [1.54, 1.807) is 0 Å². The zero-order valence-corrected chi connectivity index (χ0v) is 12.0. The minimum Gasteiger partial charge on any atom is -0.369 e. The highest BCUT2D eigenvalue weighted by molar-refractivity contribution is 5.79. The van der Waals surface area contributed by atoms with Gasteiger partial charge in [0.15, 0.2) is 0 Å². The van der Waals surface area contributed by atoms with E-state index in [0.717, 1.165) is 32.2 Å². The topological polar surface area (TPSA) is 50.4 Å². The maximum absolute atomic E-state index is 12.2. The van der Waals surface area contributed by atoms with E-state index >= 15 is 0 Å². The molecular weight excluding hydrogens is 285 g/mol. The summed E-state index contributed by atoms with van der Waals surface area (Å²) in [5.74, 6) is -0.00103. The third-order valence-corrected chi connectivity index (χ3v) is 4.12. The summed E-state index contributed by atoms with van der Waals surface area (Å²) in [5, 5.41) is 6.16. The second kappa shape index (κ2) is 7.45. The Morgan fingerprint density at radius 3 is 2.71 bits per heavy atom. The van der Waals surface area contributed by atoms with Crippen LogP contribution in [0.25, 0.3) is 0 Å². The van der Waals surface area contributed by atoms with Gasteiger partial charge >= 0.3 is 6.18 Å². The molecule has 0 aromatic heterocycles. The Morgan fingerprint density at radius 1 is 1.24 bits per heavy atom. The average Bonchev–Trinajstić information content (AvgIpc) is 2.46. The predicted octanol–water partition coefficient (Wildman–Crippen LogP) is 1.99. The molecule has 1 aliphatic heterocycles. The van der Waals surface area contributed by atoms with E-state index in [0.29, 0.717) is 19.4 Å². The second-order valence-electron chi connectivity index (χ2n) is 5.96. The average molecular weight is 308 g/mol. The molecule has 2 N–H and O–H groups in total. The number of amides is 1. The van der Waals surface area contributed by atoms with Crippen LogP contribution >= 0.6 is 0 Å². The second-order valence-corrected chi connectivity index (χ2v) is 5.96. The Hall–Kier alpha value is -0.820. The first-order chi connectivity index (χ1) is 9.94. The summed E-state index contributed by atoms with van der Waals surface area (Å²) in [6, 6.07) is -0.0635. The fourth-order valence-electron chi connectivity index (χ4n) is 3.03. The van der Waals surface area contributed by atoms with Crippen LogP contribution in [0.15, 0.2) is 0 Å². The first-order valence-corrected chi connectivity index (χ1v) is 7.63. The van der Waals surface area contributed by atoms with Crippen LogP contribution in [0.1, 0.15) is 38.5 Å². The molecular formula is C14H23F3N2O2. The van der Waals surface area contributed by atoms with Crippen LogP contribution < -0.4 is 10.6 Å². The Kier molecular flexibility index (Phi) is 5.87. The summed E-state index contributed by atoms with van der Waals surface area (Å²) in [4.78, 5) is 12.1. The number of halogens is 3. The Balaban J connectivity index is 1.74. The largest absolute Gasteiger partial charge is 0.411 e. The molecule has 0 bridgehead atoms. The van der Waals surface area contributed by atoms with Crippen molar-refractivity contribution in [3.05, 3.63) is 0 Å². The number of piperidine rings is 1. The van der Waals surface area contributed by atoms with Crippen molar-refractivity contribution in [3.63, 3.8) is 0 Å². The molecule has 0 radical (unpaired) electrons. The third-order valence-electron chi connectivity index (χ3n) is 4.12. The van der Waals surface area contributed by atoms with Gasteiger partial charge in [-0.1, -0.05) is 0 Å². The Labute approximate surface area is 122 Å². The van der Waals surface area contributed by atoms with Gasteiger partial charge in [0, 0.05) is 12.6 Å². The van der Waals surface area contributed by atoms with Crippen molar-refractivity contribution < 1.29 is 22.7 Å². The summed E-state index contributed by atoms with van der Waals surface area (Å²) in [7, 11) is 0. The van der Waals surface area contributed by atoms with Crippen molar-refractivity contribution in [1.29, 1.82) is 0 Å². The van der Waals surface area contributed by atoms with E-state index in [4.69, 9.17) is 4.74 Å². The van der Waals surface area contributed by atoms with Gasteiger partial charge in [0.1, 0.15) is 6.61 Å². The number of rotatable bonds is 4. The molecule has 1 heterocycles. The standard InChI is InChI=1S/C14H23F3N2O2/c15-14(16,17)9-21-12-5-1-4-11(7-12)19-13(20)10-3-2-6-18-8-10/h10-12,18H,1-9H2,(H,19,20). The monoisotopic (exact) mass is 308 g/mol. The zero-order valence-electron chi connectivity index (χ0n) is 12.0. The number of hydrogen-bond donors (Lipinski definition) is 2. The molecule has 1 saturated heterocycles. The van der Waals surface area contributed by atoms with Gasteiger partial charge in [-0.05, 0) is 45.1 Å². The number of alkyl halides is 3. The first kappa shape index (κ1) is 16.5. The van der Waals surface area contributed by atoms with Gasteiger partial charge in [-0.3, -0.25) is 4.79 Å². The van der Waals surface area contributed by atoms with Crippen molar-refractivity contribution in [1.82, 2.24) is 10.6 Å². The van der Waals surface area contributed by atoms with Gasteiger partial charge in [0.25, 0.3) is 0 Å². The van der Waals surface area contributed by atoms with E-state index in [2.05, 4.69) is 10.6 Å². The summed E-state index contributed by atoms with van der Waals surface area (Å²) >= 11 is 0. The van der Waals surface area contributed by atoms with E-state index in [1.165, 1.54) is 0 Å². The molecule has 21 heavy (non-hydrogen) atoms. The molecule has 1 amide bonds. The van der Waals surface area contributed by atoms with Crippen molar-refractivity contribution in [2.75, 3.05) is 19.7 Å². The van der Waals surface area contributed by atoms with Crippen molar-refractivity contribution in [2.45, 2.75) is 56.8 Å². The predicted molar refractivity (Wildman–Crippen MR) is 71.8 cm³/mol. The molecule has 3 atom stereocenters. The number of nitrogens with one attached hydrogen (secondary N) is 2. The Bertz CT molecular complexity index is 344. The number of ether oxygens (including phenoxy) is 1. The number of hydrogen-bond acceptors (Lipinski definition) is 3. The van der Waals surface area contributed by atoms with Gasteiger partial charge in [0.2, 0.25) is 5.91 Å².